The molecular formula is C39H33N3. The van der Waals surface area contributed by atoms with Crippen LogP contribution in [0.15, 0.2) is 120 Å². The van der Waals surface area contributed by atoms with E-state index in [0.29, 0.717) is 0 Å². The predicted molar refractivity (Wildman–Crippen MR) is 177 cm³/mol. The van der Waals surface area contributed by atoms with Crippen LogP contribution in [0.4, 0.5) is 17.1 Å². The van der Waals surface area contributed by atoms with Crippen molar-refractivity contribution in [1.82, 2.24) is 0 Å². The van der Waals surface area contributed by atoms with Crippen molar-refractivity contribution in [2.45, 2.75) is 25.7 Å². The van der Waals surface area contributed by atoms with Gasteiger partial charge in [0.2, 0.25) is 0 Å². The van der Waals surface area contributed by atoms with Crippen LogP contribution in [0.1, 0.15) is 46.2 Å². The minimum absolute atomic E-state index is 1.04. The first-order chi connectivity index (χ1) is 20.8. The molecule has 0 amide bonds. The molecule has 3 nitrogen and oxygen atoms in total. The Balaban J connectivity index is 1.13. The van der Waals surface area contributed by atoms with E-state index >= 15 is 0 Å². The molecule has 1 aliphatic carbocycles. The van der Waals surface area contributed by atoms with Gasteiger partial charge in [-0.25, -0.2) is 5.01 Å². The van der Waals surface area contributed by atoms with Gasteiger partial charge in [-0.3, -0.25) is 0 Å². The lowest BCUT2D eigenvalue weighted by atomic mass is 9.90. The van der Waals surface area contributed by atoms with E-state index < -0.39 is 0 Å². The van der Waals surface area contributed by atoms with Crippen molar-refractivity contribution in [2.75, 3.05) is 23.0 Å². The highest BCUT2D eigenvalue weighted by atomic mass is 15.5. The number of rotatable bonds is 5. The predicted octanol–water partition coefficient (Wildman–Crippen LogP) is 9.13. The number of hydrazone groups is 1. The van der Waals surface area contributed by atoms with Crippen LogP contribution < -0.4 is 9.91 Å². The second-order valence-corrected chi connectivity index (χ2v) is 11.5. The molecule has 42 heavy (non-hydrogen) atoms. The quantitative estimate of drug-likeness (QED) is 0.159. The molecule has 0 saturated heterocycles. The molecule has 0 spiro atoms. The number of fused-ring (bicyclic) bond motifs is 3. The number of benzene rings is 5. The Labute approximate surface area is 248 Å². The van der Waals surface area contributed by atoms with Crippen molar-refractivity contribution in [3.63, 3.8) is 0 Å². The first kappa shape index (κ1) is 24.9. The van der Waals surface area contributed by atoms with Crippen LogP contribution in [0.2, 0.25) is 0 Å². The zero-order valence-corrected chi connectivity index (χ0v) is 23.7. The average Bonchev–Trinajstić information content (AvgIpc) is 3.36. The highest BCUT2D eigenvalue weighted by Crippen LogP contribution is 2.45. The number of aryl methyl sites for hydroxylation is 2. The molecule has 0 fully saturated rings. The molecule has 0 saturated carbocycles. The van der Waals surface area contributed by atoms with Gasteiger partial charge in [-0.2, -0.15) is 5.10 Å². The molecule has 5 aromatic rings. The molecule has 8 rings (SSSR count). The maximum Gasteiger partial charge on any atom is 0.0653 e. The Morgan fingerprint density at radius 2 is 1.12 bits per heavy atom. The maximum absolute atomic E-state index is 5.07. The minimum Gasteiger partial charge on any atom is -0.371 e. The summed E-state index contributed by atoms with van der Waals surface area (Å²) in [6.07, 6.45) is 9.15. The molecular weight excluding hydrogens is 510 g/mol. The van der Waals surface area contributed by atoms with Crippen molar-refractivity contribution < 1.29 is 0 Å². The summed E-state index contributed by atoms with van der Waals surface area (Å²) in [5, 5.41) is 7.12. The Morgan fingerprint density at radius 3 is 1.74 bits per heavy atom. The molecule has 0 N–H and O–H groups in total. The van der Waals surface area contributed by atoms with Crippen LogP contribution in [0.5, 0.6) is 0 Å². The van der Waals surface area contributed by atoms with E-state index in [2.05, 4.69) is 126 Å². The molecule has 5 aromatic carbocycles. The third-order valence-electron chi connectivity index (χ3n) is 8.85. The first-order valence-corrected chi connectivity index (χ1v) is 15.1. The Kier molecular flexibility index (Phi) is 6.22. The summed E-state index contributed by atoms with van der Waals surface area (Å²) in [6, 6.07) is 41.3. The lowest BCUT2D eigenvalue weighted by Crippen LogP contribution is -2.34. The monoisotopic (exact) mass is 543 g/mol. The molecule has 204 valence electrons. The van der Waals surface area contributed by atoms with Gasteiger partial charge < -0.3 is 4.90 Å². The lowest BCUT2D eigenvalue weighted by molar-refractivity contribution is 0.634. The minimum atomic E-state index is 1.04. The fourth-order valence-electron chi connectivity index (χ4n) is 6.97. The first-order valence-electron chi connectivity index (χ1n) is 15.1. The standard InChI is InChI=1S/C39H33N3/c1-2-12-32(13-3-1)42(40-27-29-24-30-10-8-22-41-23-9-11-31(25-29)39(30)41)33-20-18-28(19-21-33)26-38-36-16-6-4-14-34(36)35-15-5-7-17-37(35)38/h1-7,12-21,24-27H,8-11,22-23H2. The zero-order chi connectivity index (χ0) is 27.9. The van der Waals surface area contributed by atoms with Crippen LogP contribution >= 0.6 is 0 Å². The topological polar surface area (TPSA) is 18.8 Å². The van der Waals surface area contributed by atoms with Gasteiger partial charge in [0, 0.05) is 18.8 Å². The van der Waals surface area contributed by atoms with Crippen LogP contribution in [0, 0.1) is 0 Å². The van der Waals surface area contributed by atoms with Gasteiger partial charge in [-0.15, -0.1) is 0 Å². The summed E-state index contributed by atoms with van der Waals surface area (Å²) in [4.78, 5) is 2.59. The normalized spacial score (nSPS) is 14.9. The highest BCUT2D eigenvalue weighted by Gasteiger charge is 2.24. The summed E-state index contributed by atoms with van der Waals surface area (Å²) in [7, 11) is 0. The van der Waals surface area contributed by atoms with E-state index in [1.54, 1.807) is 0 Å². The molecule has 0 atom stereocenters. The van der Waals surface area contributed by atoms with Gasteiger partial charge in [0.05, 0.1) is 17.6 Å². The van der Waals surface area contributed by atoms with Crippen LogP contribution in [0.3, 0.4) is 0 Å². The second-order valence-electron chi connectivity index (χ2n) is 11.5. The Hall–Kier alpha value is -4.89. The van der Waals surface area contributed by atoms with Crippen molar-refractivity contribution in [1.29, 1.82) is 0 Å². The fraction of sp³-hybridized carbons (Fsp3) is 0.154. The van der Waals surface area contributed by atoms with Gasteiger partial charge in [0.1, 0.15) is 0 Å². The molecule has 3 heteroatoms. The van der Waals surface area contributed by atoms with Gasteiger partial charge in [0.25, 0.3) is 0 Å². The van der Waals surface area contributed by atoms with E-state index in [1.807, 2.05) is 11.2 Å². The number of hydrogen-bond acceptors (Lipinski definition) is 3. The maximum atomic E-state index is 5.07. The van der Waals surface area contributed by atoms with Gasteiger partial charge in [-0.05, 0) is 118 Å². The van der Waals surface area contributed by atoms with Crippen molar-refractivity contribution in [3.05, 3.63) is 149 Å². The highest BCUT2D eigenvalue weighted by molar-refractivity contribution is 6.06. The van der Waals surface area contributed by atoms with Gasteiger partial charge in [-0.1, -0.05) is 78.9 Å². The Morgan fingerprint density at radius 1 is 0.571 bits per heavy atom. The smallest absolute Gasteiger partial charge is 0.0653 e. The van der Waals surface area contributed by atoms with E-state index in [-0.39, 0.29) is 0 Å². The van der Waals surface area contributed by atoms with Gasteiger partial charge in [0.15, 0.2) is 0 Å². The number of nitrogens with zero attached hydrogens (tertiary/aromatic N) is 3. The molecule has 0 radical (unpaired) electrons. The fourth-order valence-corrected chi connectivity index (χ4v) is 6.97. The van der Waals surface area contributed by atoms with Crippen LogP contribution in [0.25, 0.3) is 22.8 Å². The van der Waals surface area contributed by atoms with Crippen LogP contribution in [-0.4, -0.2) is 19.3 Å². The number of anilines is 3. The molecule has 0 unspecified atom stereocenters. The average molecular weight is 544 g/mol. The molecule has 2 heterocycles. The summed E-state index contributed by atoms with van der Waals surface area (Å²) in [5.41, 5.74) is 15.4. The summed E-state index contributed by atoms with van der Waals surface area (Å²) >= 11 is 0. The lowest BCUT2D eigenvalue weighted by Gasteiger charge is -2.37. The van der Waals surface area contributed by atoms with E-state index in [9.17, 15) is 0 Å². The van der Waals surface area contributed by atoms with Crippen molar-refractivity contribution in [3.8, 4) is 11.1 Å². The second kappa shape index (κ2) is 10.5. The largest absolute Gasteiger partial charge is 0.371 e. The summed E-state index contributed by atoms with van der Waals surface area (Å²) in [5.74, 6) is 0. The number of para-hydroxylation sites is 1. The third-order valence-corrected chi connectivity index (χ3v) is 8.85. The van der Waals surface area contributed by atoms with Gasteiger partial charge >= 0.3 is 0 Å². The van der Waals surface area contributed by atoms with Crippen molar-refractivity contribution >= 4 is 34.9 Å². The zero-order valence-electron chi connectivity index (χ0n) is 23.7. The SMILES string of the molecule is C(=NN(c1ccccc1)c1ccc(C=C2c3ccccc3-c3ccccc32)cc1)c1cc2c3c(c1)CCCN3CCC2. The molecule has 3 aliphatic rings. The summed E-state index contributed by atoms with van der Waals surface area (Å²) < 4.78 is 0. The molecule has 2 aliphatic heterocycles. The Bertz CT molecular complexity index is 1750. The van der Waals surface area contributed by atoms with E-state index in [1.165, 1.54) is 81.7 Å². The molecule has 0 aromatic heterocycles. The van der Waals surface area contributed by atoms with E-state index in [0.717, 1.165) is 24.2 Å². The van der Waals surface area contributed by atoms with Crippen LogP contribution in [-0.2, 0) is 12.8 Å². The number of hydrogen-bond donors (Lipinski definition) is 0. The third kappa shape index (κ3) is 4.42. The van der Waals surface area contributed by atoms with Crippen molar-refractivity contribution in [2.24, 2.45) is 5.10 Å². The van der Waals surface area contributed by atoms with E-state index in [4.69, 9.17) is 5.10 Å². The molecule has 0 bridgehead atoms. The summed E-state index contributed by atoms with van der Waals surface area (Å²) in [6.45, 7) is 2.39.